The summed E-state index contributed by atoms with van der Waals surface area (Å²) in [4.78, 5) is 25.9. The van der Waals surface area contributed by atoms with Crippen LogP contribution in [0.25, 0.3) is 11.0 Å². The van der Waals surface area contributed by atoms with E-state index in [4.69, 9.17) is 20.8 Å². The van der Waals surface area contributed by atoms with E-state index >= 15 is 0 Å². The van der Waals surface area contributed by atoms with Gasteiger partial charge in [0.25, 0.3) is 10.2 Å². The molecule has 0 aliphatic heterocycles. The molecule has 3 aromatic rings. The topological polar surface area (TPSA) is 135 Å². The predicted molar refractivity (Wildman–Crippen MR) is 150 cm³/mol. The lowest BCUT2D eigenvalue weighted by Gasteiger charge is -2.14. The Morgan fingerprint density at radius 2 is 1.87 bits per heavy atom. The van der Waals surface area contributed by atoms with E-state index in [-0.39, 0.29) is 22.8 Å². The second-order valence-electron chi connectivity index (χ2n) is 8.82. The molecule has 1 amide bonds. The third kappa shape index (κ3) is 8.73. The van der Waals surface area contributed by atoms with Crippen molar-refractivity contribution in [2.24, 2.45) is 0 Å². The molecule has 0 saturated heterocycles. The lowest BCUT2D eigenvalue weighted by Crippen LogP contribution is -2.81. The summed E-state index contributed by atoms with van der Waals surface area (Å²) >= 11 is 6.32. The van der Waals surface area contributed by atoms with Crippen LogP contribution in [-0.4, -0.2) is 53.6 Å². The van der Waals surface area contributed by atoms with Crippen LogP contribution in [-0.2, 0) is 16.6 Å². The Morgan fingerprint density at radius 3 is 2.50 bits per heavy atom. The van der Waals surface area contributed by atoms with Crippen molar-refractivity contribution in [3.8, 4) is 5.75 Å². The summed E-state index contributed by atoms with van der Waals surface area (Å²) in [7, 11) is 1.21. The van der Waals surface area contributed by atoms with Crippen molar-refractivity contribution in [1.29, 1.82) is 0 Å². The Morgan fingerprint density at radius 1 is 1.18 bits per heavy atom. The molecule has 12 heteroatoms. The number of carbonyl (C=O) groups excluding carboxylic acids is 1. The van der Waals surface area contributed by atoms with Gasteiger partial charge in [-0.25, -0.2) is 9.59 Å². The van der Waals surface area contributed by atoms with Crippen LogP contribution < -0.4 is 25.1 Å². The number of nitrogens with two attached hydrogens (primary N) is 1. The fraction of sp³-hybridized carbons (Fsp3) is 0.385. The van der Waals surface area contributed by atoms with Crippen LogP contribution in [0.15, 0.2) is 45.6 Å². The van der Waals surface area contributed by atoms with Crippen LogP contribution in [0.1, 0.15) is 37.0 Å². The standard InChI is InChI=1S/C23H27ClN4O6S.C3H8/c1-14-17-12-19(24)21(34-23(30)28(3)4)13-20(17)33-22(29)18(14)11-15-6-5-7-16(10-15)27-35(31,32)26-9-8-25-2;1-3-2/h5-7,10,12-13,25-27H,8-9,11H2,1-4H3;3H2,1-2H3/p+1. The van der Waals surface area contributed by atoms with Gasteiger partial charge in [-0.3, -0.25) is 4.72 Å². The number of ether oxygens (including phenoxy) is 1. The van der Waals surface area contributed by atoms with Gasteiger partial charge < -0.3 is 19.4 Å². The summed E-state index contributed by atoms with van der Waals surface area (Å²) in [5.41, 5.74) is 1.83. The van der Waals surface area contributed by atoms with Crippen LogP contribution in [0.3, 0.4) is 0 Å². The highest BCUT2D eigenvalue weighted by Crippen LogP contribution is 2.32. The molecule has 2 aromatic carbocycles. The molecule has 10 nitrogen and oxygen atoms in total. The predicted octanol–water partition coefficient (Wildman–Crippen LogP) is 3.26. The highest BCUT2D eigenvalue weighted by Gasteiger charge is 2.17. The minimum atomic E-state index is -3.72. The Hall–Kier alpha value is -3.12. The highest BCUT2D eigenvalue weighted by molar-refractivity contribution is 7.90. The molecular weight excluding hydrogens is 532 g/mol. The molecule has 0 unspecified atom stereocenters. The maximum Gasteiger partial charge on any atom is 0.414 e. The number of quaternary nitrogens is 1. The first-order valence-electron chi connectivity index (χ1n) is 12.2. The smallest absolute Gasteiger partial charge is 0.414 e. The number of nitrogens with zero attached hydrogens (tertiary/aromatic N) is 1. The number of hydrogen-bond acceptors (Lipinski definition) is 6. The van der Waals surface area contributed by atoms with E-state index < -0.39 is 21.9 Å². The van der Waals surface area contributed by atoms with Gasteiger partial charge in [-0.05, 0) is 36.2 Å². The van der Waals surface area contributed by atoms with Gasteiger partial charge in [0.05, 0.1) is 30.8 Å². The van der Waals surface area contributed by atoms with E-state index in [2.05, 4.69) is 23.3 Å². The molecule has 0 saturated carbocycles. The molecule has 1 aromatic heterocycles. The largest absolute Gasteiger partial charge is 0.422 e. The maximum atomic E-state index is 12.8. The van der Waals surface area contributed by atoms with Gasteiger partial charge in [0.15, 0.2) is 5.75 Å². The van der Waals surface area contributed by atoms with Crippen LogP contribution in [0.4, 0.5) is 10.5 Å². The number of hydrogen-bond donors (Lipinski definition) is 3. The number of fused-ring (bicyclic) bond motifs is 1. The van der Waals surface area contributed by atoms with Crippen molar-refractivity contribution in [2.45, 2.75) is 33.6 Å². The van der Waals surface area contributed by atoms with E-state index in [1.165, 1.54) is 31.5 Å². The molecule has 1 heterocycles. The SMILES string of the molecule is CCC.C[NH2+]CCNS(=O)(=O)Nc1cccc(Cc2c(C)c3cc(Cl)c(OC(=O)N(C)C)cc3oc2=O)c1. The third-order valence-electron chi connectivity index (χ3n) is 5.19. The number of nitrogens with one attached hydrogen (secondary N) is 2. The van der Waals surface area contributed by atoms with E-state index in [1.807, 2.05) is 12.4 Å². The van der Waals surface area contributed by atoms with Crippen molar-refractivity contribution in [2.75, 3.05) is 39.0 Å². The second-order valence-corrected chi connectivity index (χ2v) is 10.7. The lowest BCUT2D eigenvalue weighted by atomic mass is 9.99. The lowest BCUT2D eigenvalue weighted by molar-refractivity contribution is -0.624. The third-order valence-corrected chi connectivity index (χ3v) is 6.57. The fourth-order valence-corrected chi connectivity index (χ4v) is 4.43. The Labute approximate surface area is 228 Å². The molecular formula is C26H36ClN4O6S+. The first kappa shape index (κ1) is 31.1. The Kier molecular flexibility index (Phi) is 11.6. The van der Waals surface area contributed by atoms with E-state index in [9.17, 15) is 18.0 Å². The fourth-order valence-electron chi connectivity index (χ4n) is 3.34. The Balaban J connectivity index is 0.00000161. The van der Waals surface area contributed by atoms with E-state index in [0.29, 0.717) is 40.9 Å². The van der Waals surface area contributed by atoms with Crippen molar-refractivity contribution in [3.05, 3.63) is 68.5 Å². The zero-order valence-corrected chi connectivity index (χ0v) is 24.1. The number of rotatable bonds is 9. The number of benzene rings is 2. The van der Waals surface area contributed by atoms with E-state index in [0.717, 1.165) is 0 Å². The van der Waals surface area contributed by atoms with Gasteiger partial charge >= 0.3 is 11.7 Å². The molecule has 0 radical (unpaired) electrons. The molecule has 4 N–H and O–H groups in total. The average Bonchev–Trinajstić information content (AvgIpc) is 2.83. The summed E-state index contributed by atoms with van der Waals surface area (Å²) in [6.07, 6.45) is 0.851. The number of aryl methyl sites for hydroxylation is 1. The zero-order chi connectivity index (χ0) is 28.5. The molecule has 0 fully saturated rings. The zero-order valence-electron chi connectivity index (χ0n) is 22.6. The van der Waals surface area contributed by atoms with Gasteiger partial charge in [-0.1, -0.05) is 44.0 Å². The minimum Gasteiger partial charge on any atom is -0.422 e. The summed E-state index contributed by atoms with van der Waals surface area (Å²) in [6, 6.07) is 9.77. The van der Waals surface area contributed by atoms with Crippen molar-refractivity contribution in [1.82, 2.24) is 9.62 Å². The monoisotopic (exact) mass is 567 g/mol. The van der Waals surface area contributed by atoms with Gasteiger partial charge in [0.2, 0.25) is 0 Å². The highest BCUT2D eigenvalue weighted by atomic mass is 35.5. The summed E-state index contributed by atoms with van der Waals surface area (Å²) in [6.45, 7) is 6.93. The number of amides is 1. The molecule has 0 bridgehead atoms. The van der Waals surface area contributed by atoms with Gasteiger partial charge in [-0.15, -0.1) is 0 Å². The quantitative estimate of drug-likeness (QED) is 0.268. The van der Waals surface area contributed by atoms with Crippen molar-refractivity contribution >= 4 is 44.6 Å². The minimum absolute atomic E-state index is 0.0820. The molecule has 3 rings (SSSR count). The summed E-state index contributed by atoms with van der Waals surface area (Å²) in [5.74, 6) is 0.0820. The number of halogens is 1. The first-order valence-corrected chi connectivity index (χ1v) is 14.1. The first-order chi connectivity index (χ1) is 17.9. The van der Waals surface area contributed by atoms with Crippen molar-refractivity contribution in [3.63, 3.8) is 0 Å². The van der Waals surface area contributed by atoms with Crippen molar-refractivity contribution < 1.29 is 27.7 Å². The van der Waals surface area contributed by atoms with Crippen LogP contribution >= 0.6 is 11.6 Å². The number of likely N-dealkylation sites (N-methyl/N-ethyl adjacent to an activating group) is 1. The molecule has 38 heavy (non-hydrogen) atoms. The summed E-state index contributed by atoms with van der Waals surface area (Å²) < 4.78 is 40.1. The molecule has 0 aliphatic carbocycles. The average molecular weight is 568 g/mol. The van der Waals surface area contributed by atoms with Crippen LogP contribution in [0.2, 0.25) is 5.02 Å². The van der Waals surface area contributed by atoms with Gasteiger partial charge in [0, 0.05) is 37.5 Å². The van der Waals surface area contributed by atoms with Crippen LogP contribution in [0, 0.1) is 6.92 Å². The molecule has 208 valence electrons. The number of carbonyl (C=O) groups is 1. The van der Waals surface area contributed by atoms with E-state index in [1.54, 1.807) is 37.3 Å². The maximum absolute atomic E-state index is 12.8. The summed E-state index contributed by atoms with van der Waals surface area (Å²) in [5, 5.41) is 2.66. The van der Waals surface area contributed by atoms with Crippen LogP contribution in [0.5, 0.6) is 5.75 Å². The molecule has 0 atom stereocenters. The van der Waals surface area contributed by atoms with Gasteiger partial charge in [-0.2, -0.15) is 13.1 Å². The Bertz CT molecular complexity index is 1420. The molecule has 0 spiro atoms. The van der Waals surface area contributed by atoms with Gasteiger partial charge in [0.1, 0.15) is 5.58 Å². The number of anilines is 1. The normalized spacial score (nSPS) is 11.0. The molecule has 0 aliphatic rings. The second kappa shape index (κ2) is 14.1.